The summed E-state index contributed by atoms with van der Waals surface area (Å²) in [5, 5.41) is 15.0. The zero-order chi connectivity index (χ0) is 34.6. The lowest BCUT2D eigenvalue weighted by molar-refractivity contribution is -0.120. The van der Waals surface area contributed by atoms with Crippen LogP contribution in [0.1, 0.15) is 36.8 Å². The van der Waals surface area contributed by atoms with Gasteiger partial charge in [0.05, 0.1) is 34.1 Å². The Kier molecular flexibility index (Phi) is 10.3. The van der Waals surface area contributed by atoms with Gasteiger partial charge in [-0.25, -0.2) is 9.97 Å². The number of fused-ring (bicyclic) bond motifs is 1. The molecule has 50 heavy (non-hydrogen) atoms. The van der Waals surface area contributed by atoms with Crippen molar-refractivity contribution in [3.8, 4) is 39.5 Å². The van der Waals surface area contributed by atoms with Crippen LogP contribution in [-0.2, 0) is 22.7 Å². The van der Waals surface area contributed by atoms with Gasteiger partial charge in [-0.15, -0.1) is 0 Å². The van der Waals surface area contributed by atoms with Crippen molar-refractivity contribution in [2.45, 2.75) is 50.9 Å². The van der Waals surface area contributed by atoms with Gasteiger partial charge in [-0.1, -0.05) is 77.8 Å². The first-order valence-electron chi connectivity index (χ1n) is 16.9. The number of methoxy groups -OCH3 is 1. The van der Waals surface area contributed by atoms with Gasteiger partial charge in [0.1, 0.15) is 0 Å². The molecule has 2 atom stereocenters. The van der Waals surface area contributed by atoms with Crippen LogP contribution in [0.2, 0.25) is 10.0 Å². The van der Waals surface area contributed by atoms with Gasteiger partial charge in [0.25, 0.3) is 0 Å². The van der Waals surface area contributed by atoms with Crippen LogP contribution in [0.5, 0.6) is 5.88 Å². The number of hydrogen-bond donors (Lipinski definition) is 4. The Morgan fingerprint density at radius 2 is 1.30 bits per heavy atom. The van der Waals surface area contributed by atoms with Crippen molar-refractivity contribution in [3.05, 3.63) is 100 Å². The third kappa shape index (κ3) is 7.46. The third-order valence-corrected chi connectivity index (χ3v) is 10.1. The molecule has 0 bridgehead atoms. The van der Waals surface area contributed by atoms with E-state index in [1.54, 1.807) is 7.11 Å². The average Bonchev–Trinajstić information content (AvgIpc) is 3.75. The Morgan fingerprint density at radius 3 is 1.90 bits per heavy atom. The van der Waals surface area contributed by atoms with Crippen molar-refractivity contribution in [2.24, 2.45) is 0 Å². The van der Waals surface area contributed by atoms with Gasteiger partial charge >= 0.3 is 0 Å². The Bertz CT molecular complexity index is 2070. The van der Waals surface area contributed by atoms with E-state index in [0.29, 0.717) is 54.1 Å². The lowest BCUT2D eigenvalue weighted by Crippen LogP contribution is -2.35. The molecule has 0 spiro atoms. The van der Waals surface area contributed by atoms with Gasteiger partial charge in [0.15, 0.2) is 0 Å². The Morgan fingerprint density at radius 1 is 0.720 bits per heavy atom. The minimum absolute atomic E-state index is 0.102. The third-order valence-electron chi connectivity index (χ3n) is 9.32. The summed E-state index contributed by atoms with van der Waals surface area (Å²) < 4.78 is 5.65. The second kappa shape index (κ2) is 15.1. The number of benzene rings is 3. The monoisotopic (exact) mass is 708 g/mol. The van der Waals surface area contributed by atoms with Crippen molar-refractivity contribution >= 4 is 45.9 Å². The van der Waals surface area contributed by atoms with Gasteiger partial charge in [-0.2, -0.15) is 0 Å². The van der Waals surface area contributed by atoms with Crippen LogP contribution in [0.3, 0.4) is 0 Å². The fraction of sp³-hybridized carbons (Fsp3) is 0.282. The predicted octanol–water partition coefficient (Wildman–Crippen LogP) is 6.68. The number of hydrogen-bond acceptors (Lipinski definition) is 7. The molecule has 2 aromatic heterocycles. The summed E-state index contributed by atoms with van der Waals surface area (Å²) in [4.78, 5) is 32.7. The molecule has 2 aliphatic rings. The van der Waals surface area contributed by atoms with Crippen molar-refractivity contribution in [2.75, 3.05) is 20.2 Å². The maximum absolute atomic E-state index is 11.5. The molecule has 9 nitrogen and oxygen atoms in total. The van der Waals surface area contributed by atoms with E-state index in [1.165, 1.54) is 0 Å². The van der Waals surface area contributed by atoms with Crippen molar-refractivity contribution in [3.63, 3.8) is 0 Å². The second-order valence-electron chi connectivity index (χ2n) is 12.8. The number of halogens is 2. The van der Waals surface area contributed by atoms with E-state index >= 15 is 0 Å². The second-order valence-corrected chi connectivity index (χ2v) is 13.5. The number of ether oxygens (including phenoxy) is 1. The van der Waals surface area contributed by atoms with Crippen molar-refractivity contribution < 1.29 is 14.3 Å². The fourth-order valence-corrected chi connectivity index (χ4v) is 7.32. The number of carbonyl (C=O) groups excluding carboxylic acids is 2. The summed E-state index contributed by atoms with van der Waals surface area (Å²) in [6.07, 6.45) is 2.90. The lowest BCUT2D eigenvalue weighted by atomic mass is 9.98. The highest BCUT2D eigenvalue weighted by molar-refractivity contribution is 6.39. The topological polar surface area (TPSA) is 117 Å². The number of rotatable bonds is 12. The Hall–Kier alpha value is -4.54. The molecule has 2 saturated heterocycles. The average molecular weight is 710 g/mol. The van der Waals surface area contributed by atoms with E-state index < -0.39 is 0 Å². The first-order chi connectivity index (χ1) is 24.4. The van der Waals surface area contributed by atoms with Gasteiger partial charge in [0.2, 0.25) is 17.7 Å². The molecular weight excluding hydrogens is 671 g/mol. The highest BCUT2D eigenvalue weighted by Crippen LogP contribution is 2.42. The normalized spacial score (nSPS) is 17.3. The SMILES string of the molecule is COc1nc(-c2cccc(-c3cccc(-c4ccc5cc(CNC[C@@H]6CCC(=O)N6)ccc5n4)c3Cl)c2Cl)ccc1CNC[C@@H]1CCC(=O)N1. The molecule has 2 fully saturated rings. The van der Waals surface area contributed by atoms with Gasteiger partial charge in [-0.3, -0.25) is 9.59 Å². The molecule has 3 aromatic carbocycles. The Balaban J connectivity index is 1.08. The van der Waals surface area contributed by atoms with E-state index in [2.05, 4.69) is 39.5 Å². The van der Waals surface area contributed by atoms with Crippen molar-refractivity contribution in [1.82, 2.24) is 31.2 Å². The van der Waals surface area contributed by atoms with Crippen LogP contribution in [0.15, 0.2) is 78.9 Å². The summed E-state index contributed by atoms with van der Waals surface area (Å²) in [5.41, 5.74) is 7.55. The molecule has 0 aliphatic carbocycles. The Labute approximate surface area is 301 Å². The molecule has 11 heteroatoms. The number of carbonyl (C=O) groups is 2. The molecule has 5 aromatic rings. The first-order valence-corrected chi connectivity index (χ1v) is 17.6. The van der Waals surface area contributed by atoms with Gasteiger partial charge < -0.3 is 26.0 Å². The smallest absolute Gasteiger partial charge is 0.220 e. The lowest BCUT2D eigenvalue weighted by Gasteiger charge is -2.16. The molecule has 4 heterocycles. The number of pyridine rings is 2. The summed E-state index contributed by atoms with van der Waals surface area (Å²) in [7, 11) is 1.61. The quantitative estimate of drug-likeness (QED) is 0.114. The number of amides is 2. The molecule has 0 unspecified atom stereocenters. The van der Waals surface area contributed by atoms with Crippen LogP contribution < -0.4 is 26.0 Å². The summed E-state index contributed by atoms with van der Waals surface area (Å²) in [6, 6.07) is 26.3. The zero-order valence-corrected chi connectivity index (χ0v) is 29.2. The molecule has 2 aliphatic heterocycles. The van der Waals surface area contributed by atoms with E-state index in [-0.39, 0.29) is 23.9 Å². The minimum Gasteiger partial charge on any atom is -0.481 e. The molecule has 2 amide bonds. The summed E-state index contributed by atoms with van der Waals surface area (Å²) >= 11 is 14.2. The number of aromatic nitrogens is 2. The maximum Gasteiger partial charge on any atom is 0.220 e. The number of nitrogens with zero attached hydrogens (tertiary/aromatic N) is 2. The van der Waals surface area contributed by atoms with Crippen molar-refractivity contribution in [1.29, 1.82) is 0 Å². The maximum atomic E-state index is 11.5. The highest BCUT2D eigenvalue weighted by Gasteiger charge is 2.22. The molecule has 4 N–H and O–H groups in total. The van der Waals surface area contributed by atoms with Gasteiger partial charge in [-0.05, 0) is 42.7 Å². The van der Waals surface area contributed by atoms with Crippen LogP contribution in [0.25, 0.3) is 44.5 Å². The van der Waals surface area contributed by atoms with Crippen LogP contribution in [0.4, 0.5) is 0 Å². The predicted molar refractivity (Wildman–Crippen MR) is 198 cm³/mol. The van der Waals surface area contributed by atoms with Crippen LogP contribution in [-0.4, -0.2) is 54.1 Å². The van der Waals surface area contributed by atoms with E-state index in [0.717, 1.165) is 69.4 Å². The molecule has 256 valence electrons. The molecular formula is C39H38Cl2N6O3. The van der Waals surface area contributed by atoms with Gasteiger partial charge in [0, 0.05) is 84.3 Å². The fourth-order valence-electron chi connectivity index (χ4n) is 6.67. The number of nitrogens with one attached hydrogen (secondary N) is 4. The standard InChI is InChI=1S/C39H38Cl2N6O3/c1-50-39-25(20-43-22-27-12-17-36(49)45-27)10-15-34(47-39)31-7-3-5-29(38(31)41)28-4-2-6-30(37(28)40)33-14-9-24-18-23(8-13-32(24)46-33)19-42-21-26-11-16-35(48)44-26/h2-10,13-15,18,26-27,42-43H,11-12,16-17,19-22H2,1H3,(H,44,48)(H,45,49)/t26-,27-/m0/s1. The van der Waals surface area contributed by atoms with E-state index in [1.807, 2.05) is 60.7 Å². The summed E-state index contributed by atoms with van der Waals surface area (Å²) in [5.74, 6) is 0.743. The first kappa shape index (κ1) is 33.9. The largest absolute Gasteiger partial charge is 0.481 e. The zero-order valence-electron chi connectivity index (χ0n) is 27.7. The van der Waals surface area contributed by atoms with Crippen LogP contribution >= 0.6 is 23.2 Å². The molecule has 0 saturated carbocycles. The summed E-state index contributed by atoms with van der Waals surface area (Å²) in [6.45, 7) is 2.70. The van der Waals surface area contributed by atoms with E-state index in [4.69, 9.17) is 37.9 Å². The van der Waals surface area contributed by atoms with E-state index in [9.17, 15) is 9.59 Å². The highest BCUT2D eigenvalue weighted by atomic mass is 35.5. The molecule has 7 rings (SSSR count). The van der Waals surface area contributed by atoms with Crippen LogP contribution in [0, 0.1) is 0 Å². The minimum atomic E-state index is 0.102. The molecule has 0 radical (unpaired) electrons.